The molecular weight excluding hydrogens is 318 g/mol. The highest BCUT2D eigenvalue weighted by molar-refractivity contribution is 7.09. The van der Waals surface area contributed by atoms with Gasteiger partial charge in [-0.25, -0.2) is 4.98 Å². The summed E-state index contributed by atoms with van der Waals surface area (Å²) in [6.07, 6.45) is 1.89. The van der Waals surface area contributed by atoms with Crippen molar-refractivity contribution in [1.82, 2.24) is 15.2 Å². The van der Waals surface area contributed by atoms with E-state index in [2.05, 4.69) is 10.3 Å². The van der Waals surface area contributed by atoms with E-state index in [0.29, 0.717) is 5.01 Å². The summed E-state index contributed by atoms with van der Waals surface area (Å²) in [5.74, 6) is -3.39. The van der Waals surface area contributed by atoms with Gasteiger partial charge in [-0.1, -0.05) is 13.8 Å². The summed E-state index contributed by atoms with van der Waals surface area (Å²) in [4.78, 5) is 42.6. The maximum absolute atomic E-state index is 12.6. The van der Waals surface area contributed by atoms with E-state index in [1.54, 1.807) is 11.6 Å². The van der Waals surface area contributed by atoms with Gasteiger partial charge in [-0.05, 0) is 12.3 Å². The first-order chi connectivity index (χ1) is 10.8. The number of aliphatic carboxylic acids is 1. The molecule has 0 radical (unpaired) electrons. The highest BCUT2D eigenvalue weighted by Crippen LogP contribution is 2.50. The summed E-state index contributed by atoms with van der Waals surface area (Å²) >= 11 is 1.36. The van der Waals surface area contributed by atoms with Crippen molar-refractivity contribution in [3.05, 3.63) is 16.6 Å². The number of rotatable bonds is 4. The second kappa shape index (κ2) is 5.38. The third kappa shape index (κ3) is 2.20. The number of thiazole rings is 1. The van der Waals surface area contributed by atoms with Crippen LogP contribution in [-0.4, -0.2) is 45.4 Å². The van der Waals surface area contributed by atoms with Gasteiger partial charge in [-0.2, -0.15) is 0 Å². The predicted molar refractivity (Wildman–Crippen MR) is 82.6 cm³/mol. The molecule has 7 nitrogen and oxygen atoms in total. The number of imide groups is 1. The van der Waals surface area contributed by atoms with Crippen molar-refractivity contribution in [3.63, 3.8) is 0 Å². The molecule has 0 spiro atoms. The van der Waals surface area contributed by atoms with Crippen molar-refractivity contribution in [1.29, 1.82) is 0 Å². The SMILES string of the molecule is CC(C)C[C@]1(C(=O)O)N[C@@H](c2nccs2)[C@H]2C(=O)N(C)C(=O)[C@H]21. The zero-order chi connectivity index (χ0) is 16.9. The fraction of sp³-hybridized carbons (Fsp3) is 0.600. The van der Waals surface area contributed by atoms with Crippen LogP contribution < -0.4 is 5.32 Å². The van der Waals surface area contributed by atoms with Crippen LogP contribution in [0.15, 0.2) is 11.6 Å². The topological polar surface area (TPSA) is 99.6 Å². The molecule has 4 atom stereocenters. The molecule has 0 saturated carbocycles. The molecule has 8 heteroatoms. The quantitative estimate of drug-likeness (QED) is 0.792. The van der Waals surface area contributed by atoms with E-state index in [1.165, 1.54) is 18.4 Å². The Kier molecular flexibility index (Phi) is 3.76. The van der Waals surface area contributed by atoms with E-state index in [-0.39, 0.29) is 18.2 Å². The molecule has 2 N–H and O–H groups in total. The first-order valence-corrected chi connectivity index (χ1v) is 8.39. The molecule has 2 amide bonds. The molecule has 2 fully saturated rings. The van der Waals surface area contributed by atoms with E-state index < -0.39 is 35.3 Å². The Hall–Kier alpha value is -1.80. The number of likely N-dealkylation sites (tertiary alicyclic amines) is 1. The van der Waals surface area contributed by atoms with Crippen LogP contribution in [-0.2, 0) is 14.4 Å². The lowest BCUT2D eigenvalue weighted by Gasteiger charge is -2.31. The molecule has 1 aromatic heterocycles. The Morgan fingerprint density at radius 3 is 2.70 bits per heavy atom. The van der Waals surface area contributed by atoms with Crippen LogP contribution in [0, 0.1) is 17.8 Å². The van der Waals surface area contributed by atoms with Crippen LogP contribution in [0.5, 0.6) is 0 Å². The first kappa shape index (κ1) is 16.1. The highest BCUT2D eigenvalue weighted by Gasteiger charge is 2.68. The summed E-state index contributed by atoms with van der Waals surface area (Å²) < 4.78 is 0. The standard InChI is InChI=1S/C15H19N3O4S/c1-7(2)6-15(14(21)22)9-8(12(19)18(3)13(9)20)10(17-15)11-16-4-5-23-11/h4-5,7-10,17H,6H2,1-3H3,(H,21,22)/t8-,9-,10+,15-/m0/s1. The minimum atomic E-state index is -1.44. The Labute approximate surface area is 137 Å². The summed E-state index contributed by atoms with van der Waals surface area (Å²) in [5.41, 5.74) is -1.44. The van der Waals surface area contributed by atoms with Crippen molar-refractivity contribution in [2.45, 2.75) is 31.8 Å². The molecule has 3 heterocycles. The number of aromatic nitrogens is 1. The lowest BCUT2D eigenvalue weighted by atomic mass is 9.76. The van der Waals surface area contributed by atoms with E-state index in [9.17, 15) is 19.5 Å². The van der Waals surface area contributed by atoms with Crippen LogP contribution in [0.4, 0.5) is 0 Å². The maximum atomic E-state index is 12.6. The minimum absolute atomic E-state index is 0.0584. The van der Waals surface area contributed by atoms with Gasteiger partial charge >= 0.3 is 5.97 Å². The molecule has 0 aromatic carbocycles. The lowest BCUT2D eigenvalue weighted by molar-refractivity contribution is -0.151. The number of fused-ring (bicyclic) bond motifs is 1. The van der Waals surface area contributed by atoms with Gasteiger partial charge in [-0.15, -0.1) is 11.3 Å². The molecule has 0 bridgehead atoms. The number of hydrogen-bond acceptors (Lipinski definition) is 6. The maximum Gasteiger partial charge on any atom is 0.324 e. The Balaban J connectivity index is 2.13. The predicted octanol–water partition coefficient (Wildman–Crippen LogP) is 0.888. The number of carbonyl (C=O) groups is 3. The van der Waals surface area contributed by atoms with Gasteiger partial charge in [0.1, 0.15) is 10.5 Å². The van der Waals surface area contributed by atoms with Gasteiger partial charge in [0.2, 0.25) is 11.8 Å². The third-order valence-corrected chi connectivity index (χ3v) is 5.56. The summed E-state index contributed by atoms with van der Waals surface area (Å²) in [6.45, 7) is 3.81. The zero-order valence-electron chi connectivity index (χ0n) is 13.1. The van der Waals surface area contributed by atoms with E-state index in [1.807, 2.05) is 13.8 Å². The van der Waals surface area contributed by atoms with Gasteiger partial charge in [0.25, 0.3) is 0 Å². The van der Waals surface area contributed by atoms with E-state index in [0.717, 1.165) is 4.90 Å². The van der Waals surface area contributed by atoms with E-state index >= 15 is 0 Å². The molecule has 1 aromatic rings. The highest BCUT2D eigenvalue weighted by atomic mass is 32.1. The molecule has 124 valence electrons. The number of carboxylic acid groups (broad SMARTS) is 1. The zero-order valence-corrected chi connectivity index (χ0v) is 14.0. The van der Waals surface area contributed by atoms with Crippen LogP contribution in [0.25, 0.3) is 0 Å². The number of amides is 2. The number of nitrogens with one attached hydrogen (secondary N) is 1. The van der Waals surface area contributed by atoms with Gasteiger partial charge in [0.05, 0.1) is 17.9 Å². The molecule has 0 aliphatic carbocycles. The van der Waals surface area contributed by atoms with Gasteiger partial charge in [0, 0.05) is 18.6 Å². The van der Waals surface area contributed by atoms with Crippen molar-refractivity contribution >= 4 is 29.1 Å². The van der Waals surface area contributed by atoms with Gasteiger partial charge in [0.15, 0.2) is 0 Å². The van der Waals surface area contributed by atoms with Gasteiger partial charge in [-0.3, -0.25) is 24.6 Å². The normalized spacial score (nSPS) is 33.6. The monoisotopic (exact) mass is 337 g/mol. The van der Waals surface area contributed by atoms with Gasteiger partial charge < -0.3 is 5.11 Å². The molecular formula is C15H19N3O4S. The minimum Gasteiger partial charge on any atom is -0.480 e. The first-order valence-electron chi connectivity index (χ1n) is 7.51. The van der Waals surface area contributed by atoms with Crippen LogP contribution >= 0.6 is 11.3 Å². The van der Waals surface area contributed by atoms with Crippen LogP contribution in [0.1, 0.15) is 31.3 Å². The van der Waals surface area contributed by atoms with Crippen molar-refractivity contribution in [2.24, 2.45) is 17.8 Å². The number of carboxylic acids is 1. The summed E-state index contributed by atoms with van der Waals surface area (Å²) in [7, 11) is 1.42. The molecule has 2 aliphatic heterocycles. The molecule has 2 aliphatic rings. The van der Waals surface area contributed by atoms with Crippen molar-refractivity contribution in [2.75, 3.05) is 7.05 Å². The largest absolute Gasteiger partial charge is 0.480 e. The van der Waals surface area contributed by atoms with Crippen LogP contribution in [0.3, 0.4) is 0 Å². The average molecular weight is 337 g/mol. The smallest absolute Gasteiger partial charge is 0.324 e. The average Bonchev–Trinajstić information content (AvgIpc) is 3.14. The lowest BCUT2D eigenvalue weighted by Crippen LogP contribution is -2.56. The Bertz CT molecular complexity index is 660. The summed E-state index contributed by atoms with van der Waals surface area (Å²) in [6, 6.07) is -0.545. The number of nitrogens with zero attached hydrogens (tertiary/aromatic N) is 2. The molecule has 23 heavy (non-hydrogen) atoms. The fourth-order valence-electron chi connectivity index (χ4n) is 3.86. The number of carbonyl (C=O) groups excluding carboxylic acids is 2. The second-order valence-electron chi connectivity index (χ2n) is 6.61. The Morgan fingerprint density at radius 2 is 2.17 bits per heavy atom. The van der Waals surface area contributed by atoms with Crippen molar-refractivity contribution in [3.8, 4) is 0 Å². The number of hydrogen-bond donors (Lipinski definition) is 2. The molecule has 2 saturated heterocycles. The van der Waals surface area contributed by atoms with Crippen LogP contribution in [0.2, 0.25) is 0 Å². The second-order valence-corrected chi connectivity index (χ2v) is 7.53. The molecule has 3 rings (SSSR count). The molecule has 0 unspecified atom stereocenters. The van der Waals surface area contributed by atoms with E-state index in [4.69, 9.17) is 0 Å². The Morgan fingerprint density at radius 1 is 1.48 bits per heavy atom. The van der Waals surface area contributed by atoms with Crippen molar-refractivity contribution < 1.29 is 19.5 Å². The summed E-state index contributed by atoms with van der Waals surface area (Å²) in [5, 5.41) is 15.4. The third-order valence-electron chi connectivity index (χ3n) is 4.70. The fourth-order valence-corrected chi connectivity index (χ4v) is 4.60.